The predicted octanol–water partition coefficient (Wildman–Crippen LogP) is 2.29. The molecule has 1 saturated carbocycles. The number of hydrogen-bond donors (Lipinski definition) is 0. The third-order valence-electron chi connectivity index (χ3n) is 3.39. The van der Waals surface area contributed by atoms with Crippen molar-refractivity contribution in [3.05, 3.63) is 0 Å². The summed E-state index contributed by atoms with van der Waals surface area (Å²) in [7, 11) is 0. The minimum Gasteiger partial charge on any atom is -0.464 e. The van der Waals surface area contributed by atoms with Gasteiger partial charge < -0.3 is 9.47 Å². The van der Waals surface area contributed by atoms with Crippen LogP contribution in [0.25, 0.3) is 0 Å². The average Bonchev–Trinajstić information content (AvgIpc) is 2.99. The fourth-order valence-corrected chi connectivity index (χ4v) is 2.51. The van der Waals surface area contributed by atoms with Crippen LogP contribution in [0, 0.1) is 5.92 Å². The molecule has 1 aliphatic heterocycles. The van der Waals surface area contributed by atoms with E-state index in [-0.39, 0.29) is 18.2 Å². The van der Waals surface area contributed by atoms with Gasteiger partial charge in [-0.2, -0.15) is 0 Å². The van der Waals surface area contributed by atoms with Gasteiger partial charge in [-0.25, -0.2) is 4.79 Å². The lowest BCUT2D eigenvalue weighted by Crippen LogP contribution is -2.16. The number of hydrogen-bond acceptors (Lipinski definition) is 3. The molecular formula is C12H20O3. The second kappa shape index (κ2) is 4.97. The first kappa shape index (κ1) is 10.9. The van der Waals surface area contributed by atoms with Gasteiger partial charge >= 0.3 is 5.97 Å². The van der Waals surface area contributed by atoms with Crippen LogP contribution in [0.4, 0.5) is 0 Å². The Balaban J connectivity index is 1.67. The van der Waals surface area contributed by atoms with E-state index in [1.165, 1.54) is 32.1 Å². The highest BCUT2D eigenvalue weighted by Gasteiger charge is 2.46. The Labute approximate surface area is 91.1 Å². The monoisotopic (exact) mass is 212 g/mol. The zero-order valence-electron chi connectivity index (χ0n) is 9.41. The molecule has 1 saturated heterocycles. The lowest BCUT2D eigenvalue weighted by molar-refractivity contribution is -0.144. The fourth-order valence-electron chi connectivity index (χ4n) is 2.51. The molecule has 0 amide bonds. The first-order valence-electron chi connectivity index (χ1n) is 6.13. The third kappa shape index (κ3) is 2.94. The molecule has 0 aromatic rings. The molecule has 0 aromatic heterocycles. The normalized spacial score (nSPS) is 31.3. The third-order valence-corrected chi connectivity index (χ3v) is 3.39. The van der Waals surface area contributed by atoms with Crippen molar-refractivity contribution in [2.24, 2.45) is 5.92 Å². The van der Waals surface area contributed by atoms with Crippen LogP contribution < -0.4 is 0 Å². The molecule has 3 heteroatoms. The Morgan fingerprint density at radius 3 is 2.73 bits per heavy atom. The predicted molar refractivity (Wildman–Crippen MR) is 56.5 cm³/mol. The van der Waals surface area contributed by atoms with E-state index in [9.17, 15) is 4.79 Å². The molecule has 0 radical (unpaired) electrons. The SMILES string of the molecule is CCOC(=O)C1OC1CC1CCCCC1. The van der Waals surface area contributed by atoms with E-state index in [4.69, 9.17) is 9.47 Å². The Kier molecular flexibility index (Phi) is 3.62. The smallest absolute Gasteiger partial charge is 0.337 e. The summed E-state index contributed by atoms with van der Waals surface area (Å²) in [5.74, 6) is 0.612. The maximum Gasteiger partial charge on any atom is 0.337 e. The van der Waals surface area contributed by atoms with Crippen molar-refractivity contribution in [3.8, 4) is 0 Å². The molecule has 0 bridgehead atoms. The van der Waals surface area contributed by atoms with Crippen LogP contribution in [0.3, 0.4) is 0 Å². The van der Waals surface area contributed by atoms with E-state index in [0.29, 0.717) is 6.61 Å². The molecule has 0 aromatic carbocycles. The molecule has 0 spiro atoms. The zero-order valence-corrected chi connectivity index (χ0v) is 9.41. The highest BCUT2D eigenvalue weighted by Crippen LogP contribution is 2.35. The molecule has 2 atom stereocenters. The second-order valence-corrected chi connectivity index (χ2v) is 4.59. The molecule has 2 unspecified atom stereocenters. The summed E-state index contributed by atoms with van der Waals surface area (Å²) in [5, 5.41) is 0. The molecule has 2 aliphatic rings. The highest BCUT2D eigenvalue weighted by atomic mass is 16.6. The van der Waals surface area contributed by atoms with E-state index in [0.717, 1.165) is 12.3 Å². The number of epoxide rings is 1. The molecule has 1 aliphatic carbocycles. The summed E-state index contributed by atoms with van der Waals surface area (Å²) < 4.78 is 10.3. The van der Waals surface area contributed by atoms with Gasteiger partial charge in [0.25, 0.3) is 0 Å². The van der Waals surface area contributed by atoms with Gasteiger partial charge in [0, 0.05) is 0 Å². The molecule has 86 valence electrons. The number of ether oxygens (including phenoxy) is 2. The Morgan fingerprint density at radius 1 is 1.33 bits per heavy atom. The molecule has 0 N–H and O–H groups in total. The largest absolute Gasteiger partial charge is 0.464 e. The summed E-state index contributed by atoms with van der Waals surface area (Å²) in [6, 6.07) is 0. The van der Waals surface area contributed by atoms with Crippen LogP contribution in [-0.4, -0.2) is 24.8 Å². The van der Waals surface area contributed by atoms with Gasteiger partial charge in [-0.15, -0.1) is 0 Å². The van der Waals surface area contributed by atoms with E-state index in [2.05, 4.69) is 0 Å². The van der Waals surface area contributed by atoms with E-state index in [1.807, 2.05) is 6.92 Å². The molecule has 15 heavy (non-hydrogen) atoms. The zero-order chi connectivity index (χ0) is 10.7. The van der Waals surface area contributed by atoms with Gasteiger partial charge in [0.05, 0.1) is 12.7 Å². The summed E-state index contributed by atoms with van der Waals surface area (Å²) in [6.45, 7) is 2.28. The van der Waals surface area contributed by atoms with Crippen molar-refractivity contribution in [2.45, 2.75) is 57.7 Å². The topological polar surface area (TPSA) is 38.8 Å². The van der Waals surface area contributed by atoms with Crippen molar-refractivity contribution >= 4 is 5.97 Å². The van der Waals surface area contributed by atoms with Crippen LogP contribution >= 0.6 is 0 Å². The van der Waals surface area contributed by atoms with E-state index >= 15 is 0 Å². The first-order chi connectivity index (χ1) is 7.31. The van der Waals surface area contributed by atoms with E-state index < -0.39 is 0 Å². The quantitative estimate of drug-likeness (QED) is 0.530. The number of esters is 1. The van der Waals surface area contributed by atoms with Gasteiger partial charge in [0.15, 0.2) is 6.10 Å². The number of carbonyl (C=O) groups excluding carboxylic acids is 1. The molecule has 1 heterocycles. The first-order valence-corrected chi connectivity index (χ1v) is 6.13. The molecule has 2 rings (SSSR count). The summed E-state index contributed by atoms with van der Waals surface area (Å²) >= 11 is 0. The van der Waals surface area contributed by atoms with Crippen molar-refractivity contribution in [1.29, 1.82) is 0 Å². The minimum absolute atomic E-state index is 0.159. The van der Waals surface area contributed by atoms with Crippen molar-refractivity contribution in [3.63, 3.8) is 0 Å². The van der Waals surface area contributed by atoms with Gasteiger partial charge in [0.2, 0.25) is 0 Å². The maximum absolute atomic E-state index is 11.3. The number of carbonyl (C=O) groups is 1. The number of rotatable bonds is 4. The van der Waals surface area contributed by atoms with Crippen molar-refractivity contribution in [1.82, 2.24) is 0 Å². The van der Waals surface area contributed by atoms with Crippen molar-refractivity contribution < 1.29 is 14.3 Å². The van der Waals surface area contributed by atoms with Crippen LogP contribution in [0.2, 0.25) is 0 Å². The lowest BCUT2D eigenvalue weighted by atomic mass is 9.86. The summed E-state index contributed by atoms with van der Waals surface area (Å²) in [5.41, 5.74) is 0. The van der Waals surface area contributed by atoms with Crippen molar-refractivity contribution in [2.75, 3.05) is 6.61 Å². The fraction of sp³-hybridized carbons (Fsp3) is 0.917. The van der Waals surface area contributed by atoms with E-state index in [1.54, 1.807) is 0 Å². The molecule has 3 nitrogen and oxygen atoms in total. The van der Waals surface area contributed by atoms with Gasteiger partial charge in [-0.1, -0.05) is 32.1 Å². The Hall–Kier alpha value is -0.570. The summed E-state index contributed by atoms with van der Waals surface area (Å²) in [4.78, 5) is 11.3. The van der Waals surface area contributed by atoms with Crippen LogP contribution in [0.15, 0.2) is 0 Å². The highest BCUT2D eigenvalue weighted by molar-refractivity contribution is 5.77. The van der Waals surface area contributed by atoms with Crippen LogP contribution in [-0.2, 0) is 14.3 Å². The molecular weight excluding hydrogens is 192 g/mol. The van der Waals surface area contributed by atoms with Gasteiger partial charge in [0.1, 0.15) is 0 Å². The van der Waals surface area contributed by atoms with Crippen LogP contribution in [0.5, 0.6) is 0 Å². The van der Waals surface area contributed by atoms with Gasteiger partial charge in [-0.05, 0) is 19.3 Å². The van der Waals surface area contributed by atoms with Gasteiger partial charge in [-0.3, -0.25) is 0 Å². The molecule has 2 fully saturated rings. The average molecular weight is 212 g/mol. The lowest BCUT2D eigenvalue weighted by Gasteiger charge is -2.20. The second-order valence-electron chi connectivity index (χ2n) is 4.59. The summed E-state index contributed by atoms with van der Waals surface area (Å²) in [6.07, 6.45) is 7.68. The van der Waals surface area contributed by atoms with Crippen LogP contribution in [0.1, 0.15) is 45.4 Å². The minimum atomic E-state index is -0.244. The Morgan fingerprint density at radius 2 is 2.07 bits per heavy atom. The Bertz CT molecular complexity index is 221. The standard InChI is InChI=1S/C12H20O3/c1-2-14-12(13)11-10(15-11)8-9-6-4-3-5-7-9/h9-11H,2-8H2,1H3. The maximum atomic E-state index is 11.3.